The summed E-state index contributed by atoms with van der Waals surface area (Å²) in [5.41, 5.74) is 0.871. The van der Waals surface area contributed by atoms with Crippen molar-refractivity contribution in [3.8, 4) is 0 Å². The first kappa shape index (κ1) is 25.8. The number of nitrogens with zero attached hydrogens (tertiary/aromatic N) is 2. The average molecular weight is 437 g/mol. The lowest BCUT2D eigenvalue weighted by atomic mass is 10.0. The van der Waals surface area contributed by atoms with Crippen LogP contribution in [0.4, 0.5) is 0 Å². The van der Waals surface area contributed by atoms with Crippen LogP contribution in [0.3, 0.4) is 0 Å². The molecule has 0 spiro atoms. The van der Waals surface area contributed by atoms with Crippen molar-refractivity contribution in [1.29, 1.82) is 5.41 Å². The zero-order valence-corrected chi connectivity index (χ0v) is 20.0. The summed E-state index contributed by atoms with van der Waals surface area (Å²) in [5, 5.41) is 13.8. The normalized spacial score (nSPS) is 14.0. The number of carbonyl (C=O) groups excluding carboxylic acids is 1. The zero-order chi connectivity index (χ0) is 23.2. The van der Waals surface area contributed by atoms with Crippen LogP contribution in [0.15, 0.2) is 54.7 Å². The number of fused-ring (bicyclic) bond motifs is 1. The fourth-order valence-corrected chi connectivity index (χ4v) is 4.22. The maximum atomic E-state index is 10.4. The topological polar surface area (TPSA) is 59.4 Å². The summed E-state index contributed by atoms with van der Waals surface area (Å²) >= 11 is 0. The molecule has 0 saturated heterocycles. The fourth-order valence-electron chi connectivity index (χ4n) is 4.22. The van der Waals surface area contributed by atoms with Crippen molar-refractivity contribution >= 4 is 22.9 Å². The molecule has 2 aromatic rings. The van der Waals surface area contributed by atoms with Crippen LogP contribution in [0.5, 0.6) is 0 Å². The first-order valence-corrected chi connectivity index (χ1v) is 12.0. The van der Waals surface area contributed by atoms with E-state index in [1.54, 1.807) is 11.1 Å². The second kappa shape index (κ2) is 14.5. The summed E-state index contributed by atoms with van der Waals surface area (Å²) < 4.78 is 0. The maximum Gasteiger partial charge on any atom is 0.144 e. The van der Waals surface area contributed by atoms with Crippen molar-refractivity contribution in [2.75, 3.05) is 33.2 Å². The van der Waals surface area contributed by atoms with Gasteiger partial charge in [-0.15, -0.1) is 0 Å². The van der Waals surface area contributed by atoms with Crippen LogP contribution >= 0.6 is 0 Å². The monoisotopic (exact) mass is 436 g/mol. The van der Waals surface area contributed by atoms with Gasteiger partial charge in [-0.25, -0.2) is 0 Å². The third kappa shape index (κ3) is 7.88. The molecule has 0 aliphatic heterocycles. The minimum Gasteiger partial charge on any atom is -0.333 e. The van der Waals surface area contributed by atoms with Gasteiger partial charge in [0.05, 0.1) is 0 Å². The number of amidine groups is 1. The fraction of sp³-hybridized carbons (Fsp3) is 0.481. The summed E-state index contributed by atoms with van der Waals surface area (Å²) in [4.78, 5) is 14.7. The molecular formula is C27H40N4O. The third-order valence-corrected chi connectivity index (χ3v) is 6.08. The highest BCUT2D eigenvalue weighted by Crippen LogP contribution is 2.22. The van der Waals surface area contributed by atoms with E-state index in [-0.39, 0.29) is 0 Å². The Bertz CT molecular complexity index is 852. The number of nitrogens with one attached hydrogen (secondary N) is 2. The van der Waals surface area contributed by atoms with Crippen molar-refractivity contribution in [3.63, 3.8) is 0 Å². The Morgan fingerprint density at radius 1 is 1.12 bits per heavy atom. The predicted octanol–water partition coefficient (Wildman–Crippen LogP) is 5.06. The molecule has 0 radical (unpaired) electrons. The van der Waals surface area contributed by atoms with Crippen molar-refractivity contribution < 1.29 is 4.79 Å². The molecule has 2 aromatic carbocycles. The highest BCUT2D eigenvalue weighted by molar-refractivity contribution is 6.08. The van der Waals surface area contributed by atoms with Crippen molar-refractivity contribution in [2.24, 2.45) is 0 Å². The molecule has 0 amide bonds. The molecule has 174 valence electrons. The molecule has 0 unspecified atom stereocenters. The van der Waals surface area contributed by atoms with Gasteiger partial charge in [-0.2, -0.15) is 0 Å². The number of rotatable bonds is 10. The third-order valence-electron chi connectivity index (χ3n) is 6.08. The molecule has 0 bridgehead atoms. The van der Waals surface area contributed by atoms with Crippen LogP contribution in [0.25, 0.3) is 10.8 Å². The van der Waals surface area contributed by atoms with Crippen molar-refractivity contribution in [3.05, 3.63) is 60.3 Å². The number of hydrogen-bond donors (Lipinski definition) is 2. The van der Waals surface area contributed by atoms with Gasteiger partial charge in [0, 0.05) is 24.4 Å². The Morgan fingerprint density at radius 3 is 2.53 bits per heavy atom. The van der Waals surface area contributed by atoms with Gasteiger partial charge in [-0.3, -0.25) is 10.2 Å². The highest BCUT2D eigenvalue weighted by atomic mass is 16.1. The Hall–Kier alpha value is -2.50. The van der Waals surface area contributed by atoms with E-state index >= 15 is 0 Å². The Morgan fingerprint density at radius 2 is 1.84 bits per heavy atom. The highest BCUT2D eigenvalue weighted by Gasteiger charge is 2.18. The predicted molar refractivity (Wildman–Crippen MR) is 136 cm³/mol. The molecular weight excluding hydrogens is 396 g/mol. The molecule has 5 heteroatoms. The smallest absolute Gasteiger partial charge is 0.144 e. The molecule has 32 heavy (non-hydrogen) atoms. The van der Waals surface area contributed by atoms with E-state index in [1.165, 1.54) is 51.3 Å². The van der Waals surface area contributed by atoms with Gasteiger partial charge in [0.2, 0.25) is 0 Å². The summed E-state index contributed by atoms with van der Waals surface area (Å²) in [6.07, 6.45) is 10.8. The molecule has 0 aromatic heterocycles. The van der Waals surface area contributed by atoms with E-state index in [4.69, 9.17) is 5.41 Å². The molecule has 1 saturated carbocycles. The van der Waals surface area contributed by atoms with E-state index < -0.39 is 0 Å². The van der Waals surface area contributed by atoms with Gasteiger partial charge in [0.1, 0.15) is 12.1 Å². The summed E-state index contributed by atoms with van der Waals surface area (Å²) in [7, 11) is 2.28. The van der Waals surface area contributed by atoms with Crippen LogP contribution in [-0.2, 0) is 4.79 Å². The first-order valence-electron chi connectivity index (χ1n) is 12.0. The largest absolute Gasteiger partial charge is 0.333 e. The Kier molecular flexibility index (Phi) is 11.7. The lowest BCUT2D eigenvalue weighted by molar-refractivity contribution is -0.104. The number of benzene rings is 2. The maximum absolute atomic E-state index is 10.4. The molecule has 3 rings (SSSR count). The van der Waals surface area contributed by atoms with Crippen molar-refractivity contribution in [2.45, 2.75) is 52.0 Å². The van der Waals surface area contributed by atoms with E-state index in [0.717, 1.165) is 35.2 Å². The first-order chi connectivity index (χ1) is 15.6. The molecule has 2 N–H and O–H groups in total. The summed E-state index contributed by atoms with van der Waals surface area (Å²) in [6, 6.07) is 14.8. The number of aldehydes is 1. The molecule has 5 nitrogen and oxygen atoms in total. The Balaban J connectivity index is 0.000000244. The average Bonchev–Trinajstić information content (AvgIpc) is 3.37. The van der Waals surface area contributed by atoms with Crippen LogP contribution in [0.1, 0.15) is 51.5 Å². The van der Waals surface area contributed by atoms with Gasteiger partial charge in [-0.05, 0) is 69.7 Å². The molecule has 1 aliphatic rings. The lowest BCUT2D eigenvalue weighted by Crippen LogP contribution is -2.31. The van der Waals surface area contributed by atoms with Gasteiger partial charge < -0.3 is 15.1 Å². The minimum absolute atomic E-state index is 0.400. The Labute approximate surface area is 194 Å². The SMILES string of the molecule is CCN(/C=C/C=O)C(=N)c1cccc2ccccc12.CCNCCCN(C)C1CCCC1. The lowest BCUT2D eigenvalue weighted by Gasteiger charge is -2.23. The summed E-state index contributed by atoms with van der Waals surface area (Å²) in [6.45, 7) is 8.31. The molecule has 0 heterocycles. The second-order valence-corrected chi connectivity index (χ2v) is 8.26. The van der Waals surface area contributed by atoms with Crippen LogP contribution < -0.4 is 5.32 Å². The van der Waals surface area contributed by atoms with Crippen LogP contribution in [0, 0.1) is 5.41 Å². The molecule has 1 aliphatic carbocycles. The van der Waals surface area contributed by atoms with E-state index in [2.05, 4.69) is 24.2 Å². The van der Waals surface area contributed by atoms with Crippen LogP contribution in [-0.4, -0.2) is 61.2 Å². The van der Waals surface area contributed by atoms with Crippen molar-refractivity contribution in [1.82, 2.24) is 15.1 Å². The molecule has 1 fully saturated rings. The number of hydrogen-bond acceptors (Lipinski definition) is 4. The van der Waals surface area contributed by atoms with E-state index in [0.29, 0.717) is 12.4 Å². The molecule has 0 atom stereocenters. The van der Waals surface area contributed by atoms with Gasteiger partial charge in [-0.1, -0.05) is 62.2 Å². The van der Waals surface area contributed by atoms with Crippen LogP contribution in [0.2, 0.25) is 0 Å². The quantitative estimate of drug-likeness (QED) is 0.180. The van der Waals surface area contributed by atoms with E-state index in [1.807, 2.05) is 49.4 Å². The van der Waals surface area contributed by atoms with Gasteiger partial charge in [0.15, 0.2) is 0 Å². The van der Waals surface area contributed by atoms with E-state index in [9.17, 15) is 4.79 Å². The summed E-state index contributed by atoms with van der Waals surface area (Å²) in [5.74, 6) is 0.400. The number of allylic oxidation sites excluding steroid dienone is 1. The second-order valence-electron chi connectivity index (χ2n) is 8.26. The standard InChI is InChI=1S/C16H16N2O.C11H24N2/c1-2-18(11-6-12-19)16(17)15-10-5-8-13-7-3-4-9-14(13)15;1-3-12-9-6-10-13(2)11-7-4-5-8-11/h3-12,17H,2H2,1H3;11-12H,3-10H2,1-2H3/b11-6+,17-16?;. The number of carbonyl (C=O) groups is 1. The van der Waals surface area contributed by atoms with Gasteiger partial charge in [0.25, 0.3) is 0 Å². The zero-order valence-electron chi connectivity index (χ0n) is 20.0. The minimum atomic E-state index is 0.400. The van der Waals surface area contributed by atoms with Gasteiger partial charge >= 0.3 is 0 Å².